The Morgan fingerprint density at radius 1 is 1.08 bits per heavy atom. The average molecular weight is 555 g/mol. The number of halogens is 4. The highest BCUT2D eigenvalue weighted by Gasteiger charge is 2.60. The van der Waals surface area contributed by atoms with E-state index < -0.39 is 11.6 Å². The molecule has 2 aromatic heterocycles. The maximum atomic E-state index is 13.5. The highest BCUT2D eigenvalue weighted by molar-refractivity contribution is 6.30. The van der Waals surface area contributed by atoms with Crippen molar-refractivity contribution in [3.8, 4) is 11.8 Å². The van der Waals surface area contributed by atoms with Crippen molar-refractivity contribution in [1.82, 2.24) is 29.6 Å². The van der Waals surface area contributed by atoms with Crippen LogP contribution in [-0.2, 0) is 13.1 Å². The van der Waals surface area contributed by atoms with E-state index in [-0.39, 0.29) is 30.2 Å². The SMILES string of the molecule is CC1(C(F)(F)F)CC(N2Cc3cc(Cl)ccc3-n3c(nnc3C3CC4(C3)CN(c3nccc(C#N)n3)C4)C2)C1. The Morgan fingerprint density at radius 3 is 2.56 bits per heavy atom. The number of nitrogens with zero attached hydrogens (tertiary/aromatic N) is 8. The molecule has 0 bridgehead atoms. The number of fused-ring (bicyclic) bond motifs is 3. The number of aromatic nitrogens is 5. The molecule has 1 spiro atoms. The van der Waals surface area contributed by atoms with Crippen LogP contribution in [0.15, 0.2) is 30.5 Å². The highest BCUT2D eigenvalue weighted by Crippen LogP contribution is 2.57. The predicted molar refractivity (Wildman–Crippen MR) is 136 cm³/mol. The molecule has 1 aromatic carbocycles. The first kappa shape index (κ1) is 24.8. The van der Waals surface area contributed by atoms with Crippen molar-refractivity contribution in [3.05, 3.63) is 58.4 Å². The first-order chi connectivity index (χ1) is 18.6. The molecular weight excluding hydrogens is 529 g/mol. The minimum Gasteiger partial charge on any atom is -0.340 e. The molecule has 2 aliphatic heterocycles. The van der Waals surface area contributed by atoms with Gasteiger partial charge in [-0.05, 0) is 55.5 Å². The van der Waals surface area contributed by atoms with Gasteiger partial charge in [0, 0.05) is 48.2 Å². The Balaban J connectivity index is 1.11. The van der Waals surface area contributed by atoms with Crippen LogP contribution in [-0.4, -0.2) is 54.9 Å². The average Bonchev–Trinajstić information content (AvgIpc) is 3.15. The maximum Gasteiger partial charge on any atom is 0.394 e. The molecule has 12 heteroatoms. The largest absolute Gasteiger partial charge is 0.394 e. The summed E-state index contributed by atoms with van der Waals surface area (Å²) in [4.78, 5) is 12.8. The van der Waals surface area contributed by atoms with Crippen molar-refractivity contribution in [2.45, 2.75) is 63.8 Å². The lowest BCUT2D eigenvalue weighted by Gasteiger charge is -2.58. The van der Waals surface area contributed by atoms with Crippen molar-refractivity contribution < 1.29 is 13.2 Å². The van der Waals surface area contributed by atoms with Crippen molar-refractivity contribution in [2.24, 2.45) is 10.8 Å². The molecule has 2 saturated carbocycles. The van der Waals surface area contributed by atoms with Crippen LogP contribution in [0, 0.1) is 22.2 Å². The van der Waals surface area contributed by atoms with E-state index in [2.05, 4.69) is 40.6 Å². The summed E-state index contributed by atoms with van der Waals surface area (Å²) in [6.45, 7) is 3.93. The number of benzene rings is 1. The molecule has 4 aliphatic rings. The van der Waals surface area contributed by atoms with Crippen LogP contribution in [0.1, 0.15) is 61.4 Å². The topological polar surface area (TPSA) is 86.8 Å². The highest BCUT2D eigenvalue weighted by atomic mass is 35.5. The summed E-state index contributed by atoms with van der Waals surface area (Å²) in [5, 5.41) is 18.9. The van der Waals surface area contributed by atoms with Gasteiger partial charge < -0.3 is 4.90 Å². The molecule has 202 valence electrons. The second-order valence-corrected chi connectivity index (χ2v) is 12.4. The summed E-state index contributed by atoms with van der Waals surface area (Å²) in [6, 6.07) is 9.20. The fourth-order valence-electron chi connectivity index (χ4n) is 6.94. The zero-order chi connectivity index (χ0) is 27.2. The molecule has 0 amide bonds. The lowest BCUT2D eigenvalue weighted by atomic mass is 9.57. The summed E-state index contributed by atoms with van der Waals surface area (Å²) in [6.07, 6.45) is -0.517. The third kappa shape index (κ3) is 3.91. The second-order valence-electron chi connectivity index (χ2n) is 11.9. The van der Waals surface area contributed by atoms with Crippen LogP contribution < -0.4 is 4.90 Å². The molecule has 8 nitrogen and oxygen atoms in total. The lowest BCUT2D eigenvalue weighted by Crippen LogP contribution is -2.62. The monoisotopic (exact) mass is 554 g/mol. The molecule has 39 heavy (non-hydrogen) atoms. The summed E-state index contributed by atoms with van der Waals surface area (Å²) in [5.74, 6) is 2.47. The van der Waals surface area contributed by atoms with E-state index in [0.717, 1.165) is 48.8 Å². The van der Waals surface area contributed by atoms with Gasteiger partial charge in [0.15, 0.2) is 5.82 Å². The van der Waals surface area contributed by atoms with Gasteiger partial charge in [-0.2, -0.15) is 18.4 Å². The lowest BCUT2D eigenvalue weighted by molar-refractivity contribution is -0.258. The fraction of sp³-hybridized carbons (Fsp3) is 0.519. The van der Waals surface area contributed by atoms with Gasteiger partial charge >= 0.3 is 6.18 Å². The smallest absolute Gasteiger partial charge is 0.340 e. The molecule has 7 rings (SSSR count). The Labute approximate surface area is 228 Å². The van der Waals surface area contributed by atoms with Gasteiger partial charge in [0.2, 0.25) is 5.95 Å². The summed E-state index contributed by atoms with van der Waals surface area (Å²) in [5.41, 5.74) is 0.805. The van der Waals surface area contributed by atoms with Gasteiger partial charge in [-0.15, -0.1) is 10.2 Å². The zero-order valence-corrected chi connectivity index (χ0v) is 22.0. The Morgan fingerprint density at radius 2 is 1.85 bits per heavy atom. The van der Waals surface area contributed by atoms with Gasteiger partial charge in [-0.3, -0.25) is 9.47 Å². The van der Waals surface area contributed by atoms with Crippen molar-refractivity contribution >= 4 is 17.5 Å². The molecule has 2 aliphatic carbocycles. The minimum atomic E-state index is -4.20. The first-order valence-corrected chi connectivity index (χ1v) is 13.5. The van der Waals surface area contributed by atoms with E-state index in [9.17, 15) is 13.2 Å². The molecule has 0 radical (unpaired) electrons. The second kappa shape index (κ2) is 8.38. The number of hydrogen-bond acceptors (Lipinski definition) is 7. The molecule has 4 heterocycles. The van der Waals surface area contributed by atoms with E-state index in [1.165, 1.54) is 6.92 Å². The molecule has 0 N–H and O–H groups in total. The van der Waals surface area contributed by atoms with Crippen LogP contribution in [0.25, 0.3) is 5.69 Å². The normalized spacial score (nSPS) is 26.1. The summed E-state index contributed by atoms with van der Waals surface area (Å²) < 4.78 is 42.7. The van der Waals surface area contributed by atoms with Crippen LogP contribution in [0.4, 0.5) is 19.1 Å². The van der Waals surface area contributed by atoms with Crippen LogP contribution in [0.5, 0.6) is 0 Å². The predicted octanol–water partition coefficient (Wildman–Crippen LogP) is 5.01. The third-order valence-electron chi connectivity index (χ3n) is 9.15. The third-order valence-corrected chi connectivity index (χ3v) is 9.38. The Hall–Kier alpha value is -3.23. The minimum absolute atomic E-state index is 0.0794. The Bertz CT molecular complexity index is 1490. The van der Waals surface area contributed by atoms with Crippen LogP contribution in [0.2, 0.25) is 5.02 Å². The molecule has 0 atom stereocenters. The van der Waals surface area contributed by atoms with E-state index in [1.807, 2.05) is 18.2 Å². The Kier molecular flexibility index (Phi) is 5.33. The van der Waals surface area contributed by atoms with Crippen molar-refractivity contribution in [1.29, 1.82) is 5.26 Å². The summed E-state index contributed by atoms with van der Waals surface area (Å²) in [7, 11) is 0. The van der Waals surface area contributed by atoms with Crippen LogP contribution >= 0.6 is 11.6 Å². The van der Waals surface area contributed by atoms with Gasteiger partial charge in [0.1, 0.15) is 17.6 Å². The number of alkyl halides is 3. The van der Waals surface area contributed by atoms with Crippen molar-refractivity contribution in [2.75, 3.05) is 18.0 Å². The van der Waals surface area contributed by atoms with Gasteiger partial charge in [0.25, 0.3) is 0 Å². The standard InChI is InChI=1S/C27H26ClF3N8/c1-25(27(29,30)31)9-20(10-25)37-12-16-6-18(28)2-3-21(16)39-22(13-37)35-36-23(39)17-7-26(8-17)14-38(15-26)24-33-5-4-19(11-32)34-24/h2-6,17,20H,7-10,12-15H2,1H3. The number of nitriles is 1. The number of hydrogen-bond donors (Lipinski definition) is 0. The molecular formula is C27H26ClF3N8. The van der Waals surface area contributed by atoms with E-state index in [4.69, 9.17) is 16.9 Å². The summed E-state index contributed by atoms with van der Waals surface area (Å²) >= 11 is 6.36. The fourth-order valence-corrected chi connectivity index (χ4v) is 7.13. The van der Waals surface area contributed by atoms with Gasteiger partial charge in [-0.1, -0.05) is 18.5 Å². The molecule has 1 saturated heterocycles. The first-order valence-electron chi connectivity index (χ1n) is 13.1. The van der Waals surface area contributed by atoms with Gasteiger partial charge in [0.05, 0.1) is 17.6 Å². The van der Waals surface area contributed by atoms with E-state index >= 15 is 0 Å². The molecule has 3 aromatic rings. The zero-order valence-electron chi connectivity index (χ0n) is 21.3. The number of anilines is 1. The molecule has 3 fully saturated rings. The van der Waals surface area contributed by atoms with Crippen molar-refractivity contribution in [3.63, 3.8) is 0 Å². The van der Waals surface area contributed by atoms with Gasteiger partial charge in [-0.25, -0.2) is 9.97 Å². The van der Waals surface area contributed by atoms with E-state index in [1.54, 1.807) is 12.3 Å². The van der Waals surface area contributed by atoms with Crippen LogP contribution in [0.3, 0.4) is 0 Å². The number of rotatable bonds is 3. The maximum absolute atomic E-state index is 13.5. The molecule has 0 unspecified atom stereocenters. The van der Waals surface area contributed by atoms with E-state index in [0.29, 0.717) is 29.8 Å². The quantitative estimate of drug-likeness (QED) is 0.449.